The summed E-state index contributed by atoms with van der Waals surface area (Å²) >= 11 is 0. The lowest BCUT2D eigenvalue weighted by molar-refractivity contribution is 0.531. The predicted molar refractivity (Wildman–Crippen MR) is 88.3 cm³/mol. The Morgan fingerprint density at radius 3 is 1.16 bits per heavy atom. The minimum Gasteiger partial charge on any atom is -0.315 e. The van der Waals surface area contributed by atoms with Crippen LogP contribution in [0.3, 0.4) is 0 Å². The lowest BCUT2D eigenvalue weighted by atomic mass is 10.0. The van der Waals surface area contributed by atoms with Gasteiger partial charge in [0.1, 0.15) is 0 Å². The van der Waals surface area contributed by atoms with Crippen LogP contribution in [-0.2, 0) is 0 Å². The fourth-order valence-electron chi connectivity index (χ4n) is 2.62. The van der Waals surface area contributed by atoms with Gasteiger partial charge >= 0.3 is 0 Å². The van der Waals surface area contributed by atoms with Gasteiger partial charge in [-0.05, 0) is 13.0 Å². The first kappa shape index (κ1) is 19.0. The lowest BCUT2D eigenvalue weighted by Gasteiger charge is -2.03. The molecule has 19 heavy (non-hydrogen) atoms. The maximum Gasteiger partial charge on any atom is 0.00767 e. The van der Waals surface area contributed by atoms with Crippen LogP contribution in [0.25, 0.3) is 0 Å². The Hall–Kier alpha value is -0.0400. The summed E-state index contributed by atoms with van der Waals surface area (Å²) in [6.07, 6.45) is 21.5. The predicted octanol–water partition coefficient (Wildman–Crippen LogP) is 6.24. The molecule has 0 heterocycles. The molecular formula is C18H38N. The van der Waals surface area contributed by atoms with E-state index < -0.39 is 0 Å². The first-order chi connectivity index (χ1) is 9.41. The molecule has 0 aliphatic heterocycles. The van der Waals surface area contributed by atoms with Crippen molar-refractivity contribution in [2.45, 2.75) is 103 Å². The number of hydrogen-bond donors (Lipinski definition) is 1. The fourth-order valence-corrected chi connectivity index (χ4v) is 2.62. The highest BCUT2D eigenvalue weighted by atomic mass is 14.8. The van der Waals surface area contributed by atoms with Crippen molar-refractivity contribution < 1.29 is 0 Å². The molecule has 0 fully saturated rings. The molecule has 1 heteroatoms. The second kappa shape index (κ2) is 18.0. The zero-order valence-electron chi connectivity index (χ0n) is 13.5. The first-order valence-electron chi connectivity index (χ1n) is 8.91. The Morgan fingerprint density at radius 2 is 0.842 bits per heavy atom. The molecule has 0 aromatic carbocycles. The quantitative estimate of drug-likeness (QED) is 0.327. The van der Waals surface area contributed by atoms with E-state index in [1.807, 2.05) is 0 Å². The third-order valence-corrected chi connectivity index (χ3v) is 3.96. The molecule has 1 radical (unpaired) electrons. The smallest absolute Gasteiger partial charge is 0.00767 e. The topological polar surface area (TPSA) is 12.0 Å². The SMILES string of the molecule is [CH2]NCCCCCCCCCCCCCCCCC. The van der Waals surface area contributed by atoms with Gasteiger partial charge in [-0.1, -0.05) is 96.8 Å². The van der Waals surface area contributed by atoms with E-state index in [2.05, 4.69) is 19.3 Å². The molecular weight excluding hydrogens is 230 g/mol. The summed E-state index contributed by atoms with van der Waals surface area (Å²) in [6, 6.07) is 0. The molecule has 1 N–H and O–H groups in total. The molecule has 0 rings (SSSR count). The maximum atomic E-state index is 3.64. The van der Waals surface area contributed by atoms with E-state index in [0.717, 1.165) is 6.54 Å². The molecule has 0 amide bonds. The van der Waals surface area contributed by atoms with Gasteiger partial charge in [0.15, 0.2) is 0 Å². The highest BCUT2D eigenvalue weighted by Gasteiger charge is 1.93. The van der Waals surface area contributed by atoms with E-state index in [0.29, 0.717) is 0 Å². The largest absolute Gasteiger partial charge is 0.315 e. The molecule has 0 saturated carbocycles. The molecule has 115 valence electrons. The van der Waals surface area contributed by atoms with Gasteiger partial charge in [-0.15, -0.1) is 0 Å². The van der Waals surface area contributed by atoms with Crippen LogP contribution in [0.4, 0.5) is 0 Å². The van der Waals surface area contributed by atoms with Crippen LogP contribution >= 0.6 is 0 Å². The van der Waals surface area contributed by atoms with E-state index in [1.165, 1.54) is 96.3 Å². The average molecular weight is 269 g/mol. The van der Waals surface area contributed by atoms with Crippen molar-refractivity contribution in [3.63, 3.8) is 0 Å². The summed E-state index contributed by atoms with van der Waals surface area (Å²) in [5.74, 6) is 0. The van der Waals surface area contributed by atoms with Gasteiger partial charge in [-0.25, -0.2) is 0 Å². The maximum absolute atomic E-state index is 3.64. The van der Waals surface area contributed by atoms with Crippen molar-refractivity contribution in [2.75, 3.05) is 6.54 Å². The Balaban J connectivity index is 2.88. The first-order valence-corrected chi connectivity index (χ1v) is 8.91. The minimum atomic E-state index is 1.08. The van der Waals surface area contributed by atoms with Crippen LogP contribution < -0.4 is 5.32 Å². The van der Waals surface area contributed by atoms with Crippen molar-refractivity contribution in [3.8, 4) is 0 Å². The van der Waals surface area contributed by atoms with Crippen molar-refractivity contribution >= 4 is 0 Å². The number of unbranched alkanes of at least 4 members (excludes halogenated alkanes) is 14. The van der Waals surface area contributed by atoms with Gasteiger partial charge in [0, 0.05) is 7.05 Å². The molecule has 0 aliphatic rings. The highest BCUT2D eigenvalue weighted by Crippen LogP contribution is 2.13. The van der Waals surface area contributed by atoms with E-state index >= 15 is 0 Å². The van der Waals surface area contributed by atoms with Crippen molar-refractivity contribution in [3.05, 3.63) is 7.05 Å². The van der Waals surface area contributed by atoms with Gasteiger partial charge in [0.2, 0.25) is 0 Å². The normalized spacial score (nSPS) is 11.1. The van der Waals surface area contributed by atoms with E-state index in [1.54, 1.807) is 0 Å². The van der Waals surface area contributed by atoms with E-state index in [4.69, 9.17) is 0 Å². The summed E-state index contributed by atoms with van der Waals surface area (Å²) in [5.41, 5.74) is 0. The van der Waals surface area contributed by atoms with Gasteiger partial charge in [-0.2, -0.15) is 0 Å². The third kappa shape index (κ3) is 18.0. The van der Waals surface area contributed by atoms with Gasteiger partial charge in [0.25, 0.3) is 0 Å². The average Bonchev–Trinajstić information content (AvgIpc) is 2.43. The third-order valence-electron chi connectivity index (χ3n) is 3.96. The second-order valence-electron chi connectivity index (χ2n) is 5.95. The Kier molecular flexibility index (Phi) is 17.9. The summed E-state index contributed by atoms with van der Waals surface area (Å²) < 4.78 is 0. The van der Waals surface area contributed by atoms with Crippen molar-refractivity contribution in [2.24, 2.45) is 0 Å². The van der Waals surface area contributed by atoms with Crippen LogP contribution in [-0.4, -0.2) is 6.54 Å². The molecule has 0 bridgehead atoms. The number of hydrogen-bond acceptors (Lipinski definition) is 1. The molecule has 0 aromatic heterocycles. The zero-order valence-corrected chi connectivity index (χ0v) is 13.5. The molecule has 0 aliphatic carbocycles. The molecule has 0 atom stereocenters. The van der Waals surface area contributed by atoms with Gasteiger partial charge < -0.3 is 5.32 Å². The Morgan fingerprint density at radius 1 is 0.526 bits per heavy atom. The molecule has 1 nitrogen and oxygen atoms in total. The fraction of sp³-hybridized carbons (Fsp3) is 0.944. The van der Waals surface area contributed by atoms with Gasteiger partial charge in [-0.3, -0.25) is 0 Å². The minimum absolute atomic E-state index is 1.08. The summed E-state index contributed by atoms with van der Waals surface area (Å²) in [5, 5.41) is 2.96. The van der Waals surface area contributed by atoms with Gasteiger partial charge in [0.05, 0.1) is 0 Å². The summed E-state index contributed by atoms with van der Waals surface area (Å²) in [4.78, 5) is 0. The highest BCUT2D eigenvalue weighted by molar-refractivity contribution is 4.50. The summed E-state index contributed by atoms with van der Waals surface area (Å²) in [7, 11) is 3.64. The van der Waals surface area contributed by atoms with E-state index in [9.17, 15) is 0 Å². The second-order valence-corrected chi connectivity index (χ2v) is 5.95. The molecule has 0 aromatic rings. The Labute approximate surface area is 122 Å². The van der Waals surface area contributed by atoms with E-state index in [-0.39, 0.29) is 0 Å². The lowest BCUT2D eigenvalue weighted by Crippen LogP contribution is -2.03. The van der Waals surface area contributed by atoms with Crippen LogP contribution in [0.15, 0.2) is 0 Å². The molecule has 0 spiro atoms. The zero-order chi connectivity index (χ0) is 14.0. The van der Waals surface area contributed by atoms with Crippen LogP contribution in [0.1, 0.15) is 103 Å². The molecule has 0 saturated heterocycles. The molecule has 0 unspecified atom stereocenters. The number of nitrogens with one attached hydrogen (secondary N) is 1. The van der Waals surface area contributed by atoms with Crippen molar-refractivity contribution in [1.29, 1.82) is 0 Å². The summed E-state index contributed by atoms with van der Waals surface area (Å²) in [6.45, 7) is 3.37. The standard InChI is InChI=1S/C18H38N/c1-3-4-5-6-7-8-9-10-11-12-13-14-15-16-17-18-19-2/h19H,2-18H2,1H3. The van der Waals surface area contributed by atoms with Crippen LogP contribution in [0.2, 0.25) is 0 Å². The monoisotopic (exact) mass is 268 g/mol. The van der Waals surface area contributed by atoms with Crippen LogP contribution in [0, 0.1) is 7.05 Å². The Bertz CT molecular complexity index is 129. The van der Waals surface area contributed by atoms with Crippen LogP contribution in [0.5, 0.6) is 0 Å². The van der Waals surface area contributed by atoms with Crippen molar-refractivity contribution in [1.82, 2.24) is 5.32 Å². The number of rotatable bonds is 16.